The summed E-state index contributed by atoms with van der Waals surface area (Å²) < 4.78 is 0. The highest BCUT2D eigenvalue weighted by Crippen LogP contribution is 2.36. The molecule has 0 fully saturated rings. The van der Waals surface area contributed by atoms with Gasteiger partial charge in [0.15, 0.2) is 6.29 Å². The van der Waals surface area contributed by atoms with Crippen LogP contribution in [0.25, 0.3) is 0 Å². The van der Waals surface area contributed by atoms with Gasteiger partial charge >= 0.3 is 0 Å². The molecule has 1 N–H and O–H groups in total. The maximum Gasteiger partial charge on any atom is 0.166 e. The molecule has 0 aliphatic heterocycles. The molecule has 0 bridgehead atoms. The van der Waals surface area contributed by atoms with Gasteiger partial charge in [-0.2, -0.15) is 0 Å². The summed E-state index contributed by atoms with van der Waals surface area (Å²) in [6.45, 7) is 4.51. The van der Waals surface area contributed by atoms with Crippen molar-refractivity contribution in [1.82, 2.24) is 4.98 Å². The summed E-state index contributed by atoms with van der Waals surface area (Å²) in [5.74, 6) is 1.31. The van der Waals surface area contributed by atoms with E-state index < -0.39 is 0 Å². The van der Waals surface area contributed by atoms with Crippen molar-refractivity contribution < 1.29 is 4.79 Å². The van der Waals surface area contributed by atoms with E-state index in [9.17, 15) is 4.79 Å². The molecule has 0 spiro atoms. The number of carbonyl (C=O) groups is 1. The number of carbonyl (C=O) groups excluding carboxylic acids is 1. The first-order valence-corrected chi connectivity index (χ1v) is 5.39. The highest BCUT2D eigenvalue weighted by atomic mass is 16.1. The number of aromatic nitrogens is 1. The third kappa shape index (κ3) is 1.49. The van der Waals surface area contributed by atoms with E-state index in [0.717, 1.165) is 18.4 Å². The molecule has 76 valence electrons. The zero-order chi connectivity index (χ0) is 10.1. The van der Waals surface area contributed by atoms with Crippen molar-refractivity contribution in [3.05, 3.63) is 23.0 Å². The van der Waals surface area contributed by atoms with Gasteiger partial charge in [0.2, 0.25) is 0 Å². The monoisotopic (exact) mass is 191 g/mol. The van der Waals surface area contributed by atoms with Gasteiger partial charge in [0.25, 0.3) is 0 Å². The van der Waals surface area contributed by atoms with Crippen LogP contribution in [0.5, 0.6) is 0 Å². The maximum atomic E-state index is 10.7. The number of H-pyrrole nitrogens is 1. The Morgan fingerprint density at radius 3 is 3.00 bits per heavy atom. The second-order valence-electron chi connectivity index (χ2n) is 4.52. The highest BCUT2D eigenvalue weighted by Gasteiger charge is 2.24. The van der Waals surface area contributed by atoms with Crippen LogP contribution in [0.15, 0.2) is 6.07 Å². The SMILES string of the molecule is CC(C)C1CCCc2[nH]c(C=O)cc21. The summed E-state index contributed by atoms with van der Waals surface area (Å²) >= 11 is 0. The third-order valence-electron chi connectivity index (χ3n) is 3.23. The Labute approximate surface area is 84.7 Å². The molecule has 14 heavy (non-hydrogen) atoms. The minimum absolute atomic E-state index is 0.642. The summed E-state index contributed by atoms with van der Waals surface area (Å²) in [6, 6.07) is 2.03. The van der Waals surface area contributed by atoms with E-state index in [0.29, 0.717) is 11.8 Å². The number of fused-ring (bicyclic) bond motifs is 1. The number of nitrogens with one attached hydrogen (secondary N) is 1. The smallest absolute Gasteiger partial charge is 0.166 e. The number of aldehydes is 1. The molecule has 2 heteroatoms. The summed E-state index contributed by atoms with van der Waals surface area (Å²) in [5, 5.41) is 0. The summed E-state index contributed by atoms with van der Waals surface area (Å²) in [7, 11) is 0. The summed E-state index contributed by atoms with van der Waals surface area (Å²) in [6.07, 6.45) is 4.53. The Kier molecular flexibility index (Phi) is 2.44. The third-order valence-corrected chi connectivity index (χ3v) is 3.23. The van der Waals surface area contributed by atoms with Crippen molar-refractivity contribution in [2.24, 2.45) is 5.92 Å². The second kappa shape index (κ2) is 3.60. The Morgan fingerprint density at radius 2 is 2.36 bits per heavy atom. The predicted octanol–water partition coefficient (Wildman–Crippen LogP) is 2.90. The van der Waals surface area contributed by atoms with Crippen LogP contribution < -0.4 is 0 Å². The van der Waals surface area contributed by atoms with E-state index in [1.54, 1.807) is 0 Å². The van der Waals surface area contributed by atoms with Gasteiger partial charge < -0.3 is 4.98 Å². The van der Waals surface area contributed by atoms with Crippen molar-refractivity contribution in [2.45, 2.75) is 39.0 Å². The van der Waals surface area contributed by atoms with Crippen molar-refractivity contribution in [3.63, 3.8) is 0 Å². The minimum Gasteiger partial charge on any atom is -0.356 e. The molecule has 1 unspecified atom stereocenters. The number of aryl methyl sites for hydroxylation is 1. The zero-order valence-electron chi connectivity index (χ0n) is 8.84. The molecule has 2 rings (SSSR count). The van der Waals surface area contributed by atoms with E-state index in [4.69, 9.17) is 0 Å². The molecule has 1 aliphatic rings. The van der Waals surface area contributed by atoms with Gasteiger partial charge in [-0.3, -0.25) is 4.79 Å². The average molecular weight is 191 g/mol. The van der Waals surface area contributed by atoms with E-state index in [-0.39, 0.29) is 0 Å². The largest absolute Gasteiger partial charge is 0.356 e. The maximum absolute atomic E-state index is 10.7. The highest BCUT2D eigenvalue weighted by molar-refractivity contribution is 5.73. The van der Waals surface area contributed by atoms with Crippen molar-refractivity contribution in [1.29, 1.82) is 0 Å². The van der Waals surface area contributed by atoms with E-state index in [1.165, 1.54) is 24.1 Å². The quantitative estimate of drug-likeness (QED) is 0.716. The lowest BCUT2D eigenvalue weighted by Gasteiger charge is -2.25. The molecule has 1 aromatic rings. The van der Waals surface area contributed by atoms with Crippen LogP contribution >= 0.6 is 0 Å². The number of rotatable bonds is 2. The van der Waals surface area contributed by atoms with Crippen LogP contribution in [0.1, 0.15) is 54.4 Å². The first-order valence-electron chi connectivity index (χ1n) is 5.39. The molecule has 1 heterocycles. The molecular formula is C12H17NO. The normalized spacial score (nSPS) is 20.9. The Hall–Kier alpha value is -1.05. The number of hydrogen-bond donors (Lipinski definition) is 1. The molecule has 0 saturated heterocycles. The standard InChI is InChI=1S/C12H17NO/c1-8(2)10-4-3-5-12-11(10)6-9(7-14)13-12/h6-8,10,13H,3-5H2,1-2H3. The number of aromatic amines is 1. The van der Waals surface area contributed by atoms with Crippen LogP contribution in [0.3, 0.4) is 0 Å². The first kappa shape index (κ1) is 9.50. The molecule has 1 aromatic heterocycles. The average Bonchev–Trinajstić information content (AvgIpc) is 2.59. The Morgan fingerprint density at radius 1 is 1.57 bits per heavy atom. The van der Waals surface area contributed by atoms with Gasteiger partial charge in [0.1, 0.15) is 0 Å². The predicted molar refractivity (Wildman–Crippen MR) is 56.7 cm³/mol. The molecule has 1 atom stereocenters. The van der Waals surface area contributed by atoms with Crippen molar-refractivity contribution in [2.75, 3.05) is 0 Å². The van der Waals surface area contributed by atoms with E-state index in [2.05, 4.69) is 18.8 Å². The molecule has 1 aliphatic carbocycles. The van der Waals surface area contributed by atoms with Crippen LogP contribution in [0.2, 0.25) is 0 Å². The summed E-state index contributed by atoms with van der Waals surface area (Å²) in [5.41, 5.74) is 3.41. The lowest BCUT2D eigenvalue weighted by Crippen LogP contribution is -2.13. The molecule has 0 radical (unpaired) electrons. The molecule has 2 nitrogen and oxygen atoms in total. The van der Waals surface area contributed by atoms with Crippen molar-refractivity contribution in [3.8, 4) is 0 Å². The zero-order valence-corrected chi connectivity index (χ0v) is 8.84. The molecule has 0 aromatic carbocycles. The lowest BCUT2D eigenvalue weighted by atomic mass is 9.80. The molecule has 0 amide bonds. The van der Waals surface area contributed by atoms with Gasteiger partial charge in [0, 0.05) is 5.69 Å². The lowest BCUT2D eigenvalue weighted by molar-refractivity contribution is 0.111. The van der Waals surface area contributed by atoms with Gasteiger partial charge in [-0.25, -0.2) is 0 Å². The Balaban J connectivity index is 2.38. The van der Waals surface area contributed by atoms with Crippen molar-refractivity contribution >= 4 is 6.29 Å². The fourth-order valence-corrected chi connectivity index (χ4v) is 2.48. The fraction of sp³-hybridized carbons (Fsp3) is 0.583. The first-order chi connectivity index (χ1) is 6.72. The van der Waals surface area contributed by atoms with Gasteiger partial charge in [-0.15, -0.1) is 0 Å². The summed E-state index contributed by atoms with van der Waals surface area (Å²) in [4.78, 5) is 13.9. The number of hydrogen-bond acceptors (Lipinski definition) is 1. The van der Waals surface area contributed by atoms with Crippen LogP contribution in [0.4, 0.5) is 0 Å². The van der Waals surface area contributed by atoms with Crippen LogP contribution in [-0.4, -0.2) is 11.3 Å². The van der Waals surface area contributed by atoms with Gasteiger partial charge in [-0.05, 0) is 42.7 Å². The molecular weight excluding hydrogens is 174 g/mol. The van der Waals surface area contributed by atoms with E-state index in [1.807, 2.05) is 6.07 Å². The minimum atomic E-state index is 0.642. The van der Waals surface area contributed by atoms with Crippen LogP contribution in [0, 0.1) is 5.92 Å². The van der Waals surface area contributed by atoms with Gasteiger partial charge in [0.05, 0.1) is 5.69 Å². The molecule has 0 saturated carbocycles. The van der Waals surface area contributed by atoms with Crippen LogP contribution in [-0.2, 0) is 6.42 Å². The fourth-order valence-electron chi connectivity index (χ4n) is 2.48. The second-order valence-corrected chi connectivity index (χ2v) is 4.52. The van der Waals surface area contributed by atoms with E-state index >= 15 is 0 Å². The van der Waals surface area contributed by atoms with Gasteiger partial charge in [-0.1, -0.05) is 13.8 Å². The topological polar surface area (TPSA) is 32.9 Å². The Bertz CT molecular complexity index is 338.